The molecule has 0 bridgehead atoms. The summed E-state index contributed by atoms with van der Waals surface area (Å²) >= 11 is 0. The number of phenolic OH excluding ortho intramolecular Hbond substituents is 2. The average molecular weight is 350 g/mol. The van der Waals surface area contributed by atoms with Gasteiger partial charge in [0.1, 0.15) is 17.6 Å². The van der Waals surface area contributed by atoms with Crippen LogP contribution in [0, 0.1) is 0 Å². The molecule has 2 atom stereocenters. The van der Waals surface area contributed by atoms with Crippen LogP contribution in [0.4, 0.5) is 0 Å². The van der Waals surface area contributed by atoms with E-state index in [1.165, 1.54) is 36.4 Å². The summed E-state index contributed by atoms with van der Waals surface area (Å²) in [6.07, 6.45) is -0.459. The molecule has 0 amide bonds. The Morgan fingerprint density at radius 1 is 0.923 bits per heavy atom. The number of carbonyl (C=O) groups excluding carboxylic acids is 3. The van der Waals surface area contributed by atoms with Gasteiger partial charge in [-0.3, -0.25) is 14.4 Å². The summed E-state index contributed by atoms with van der Waals surface area (Å²) in [7, 11) is 0. The molecule has 2 aromatic carbocycles. The number of ketones is 3. The summed E-state index contributed by atoms with van der Waals surface area (Å²) < 4.78 is 0. The Kier molecular flexibility index (Phi) is 3.52. The summed E-state index contributed by atoms with van der Waals surface area (Å²) in [4.78, 5) is 37.6. The van der Waals surface area contributed by atoms with E-state index in [2.05, 4.69) is 0 Å². The van der Waals surface area contributed by atoms with Crippen molar-refractivity contribution in [1.82, 2.24) is 0 Å². The molecule has 0 saturated carbocycles. The molecule has 0 fully saturated rings. The molecule has 6 heteroatoms. The van der Waals surface area contributed by atoms with Gasteiger partial charge in [0.05, 0.1) is 5.56 Å². The van der Waals surface area contributed by atoms with Crippen LogP contribution in [0.25, 0.3) is 0 Å². The zero-order valence-electron chi connectivity index (χ0n) is 13.5. The number of phenols is 2. The smallest absolute Gasteiger partial charge is 0.194 e. The fourth-order valence-corrected chi connectivity index (χ4v) is 3.71. The summed E-state index contributed by atoms with van der Waals surface area (Å²) in [5.74, 6) is -2.87. The number of aliphatic hydroxyl groups excluding tert-OH is 1. The Hall–Kier alpha value is -3.25. The lowest BCUT2D eigenvalue weighted by atomic mass is 9.72. The topological polar surface area (TPSA) is 112 Å². The van der Waals surface area contributed by atoms with Gasteiger partial charge in [0, 0.05) is 29.0 Å². The molecule has 0 spiro atoms. The minimum Gasteiger partial charge on any atom is -0.508 e. The van der Waals surface area contributed by atoms with E-state index in [0.717, 1.165) is 6.08 Å². The highest BCUT2D eigenvalue weighted by molar-refractivity contribution is 6.26. The number of aliphatic hydroxyl groups is 1. The van der Waals surface area contributed by atoms with E-state index < -0.39 is 29.4 Å². The molecule has 6 nitrogen and oxygen atoms in total. The van der Waals surface area contributed by atoms with Crippen molar-refractivity contribution in [2.24, 2.45) is 0 Å². The maximum Gasteiger partial charge on any atom is 0.194 e. The number of benzene rings is 2. The number of Topliss-reactive ketones (excluding diaryl/α,β-unsaturated/α-hetero) is 2. The van der Waals surface area contributed by atoms with Crippen LogP contribution in [0.5, 0.6) is 11.5 Å². The number of hydrogen-bond acceptors (Lipinski definition) is 6. The average Bonchev–Trinajstić information content (AvgIpc) is 2.61. The molecule has 2 unspecified atom stereocenters. The molecule has 2 aliphatic rings. The number of allylic oxidation sites excluding steroid dienone is 2. The third-order valence-electron chi connectivity index (χ3n) is 4.93. The quantitative estimate of drug-likeness (QED) is 0.727. The Bertz CT molecular complexity index is 1020. The van der Waals surface area contributed by atoms with E-state index in [9.17, 15) is 29.7 Å². The van der Waals surface area contributed by atoms with E-state index in [1.54, 1.807) is 0 Å². The van der Waals surface area contributed by atoms with Crippen molar-refractivity contribution in [2.45, 2.75) is 18.4 Å². The van der Waals surface area contributed by atoms with Gasteiger partial charge in [0.2, 0.25) is 0 Å². The Morgan fingerprint density at radius 3 is 2.38 bits per heavy atom. The first-order valence-corrected chi connectivity index (χ1v) is 8.05. The number of hydrogen-bond donors (Lipinski definition) is 3. The summed E-state index contributed by atoms with van der Waals surface area (Å²) in [5, 5.41) is 30.4. The van der Waals surface area contributed by atoms with E-state index in [1.807, 2.05) is 0 Å². The Morgan fingerprint density at radius 2 is 1.62 bits per heavy atom. The van der Waals surface area contributed by atoms with Gasteiger partial charge in [-0.1, -0.05) is 24.3 Å². The lowest BCUT2D eigenvalue weighted by molar-refractivity contribution is -0.128. The number of aromatic hydroxyl groups is 2. The molecule has 26 heavy (non-hydrogen) atoms. The first-order chi connectivity index (χ1) is 12.4. The molecule has 130 valence electrons. The van der Waals surface area contributed by atoms with Crippen LogP contribution in [0.1, 0.15) is 50.3 Å². The fraction of sp³-hybridized carbons (Fsp3) is 0.150. The molecule has 3 N–H and O–H groups in total. The van der Waals surface area contributed by atoms with Crippen molar-refractivity contribution in [2.75, 3.05) is 0 Å². The van der Waals surface area contributed by atoms with E-state index in [4.69, 9.17) is 0 Å². The lowest BCUT2D eigenvalue weighted by Crippen LogP contribution is -2.29. The van der Waals surface area contributed by atoms with Gasteiger partial charge in [0.15, 0.2) is 17.3 Å². The SMILES string of the molecule is O=C1C=C(C2CC(=O)C(O)c3cccc(O)c32)C(=O)c2c(O)cccc21. The van der Waals surface area contributed by atoms with Crippen LogP contribution in [0.3, 0.4) is 0 Å². The maximum absolute atomic E-state index is 13.0. The van der Waals surface area contributed by atoms with Gasteiger partial charge in [-0.25, -0.2) is 0 Å². The van der Waals surface area contributed by atoms with E-state index in [0.29, 0.717) is 0 Å². The molecule has 2 aliphatic carbocycles. The molecule has 0 aliphatic heterocycles. The van der Waals surface area contributed by atoms with E-state index >= 15 is 0 Å². The van der Waals surface area contributed by atoms with Gasteiger partial charge < -0.3 is 15.3 Å². The van der Waals surface area contributed by atoms with Crippen LogP contribution in [-0.2, 0) is 4.79 Å². The molecule has 0 aromatic heterocycles. The minimum absolute atomic E-state index is 0.0204. The zero-order valence-corrected chi connectivity index (χ0v) is 13.5. The summed E-state index contributed by atoms with van der Waals surface area (Å²) in [5.41, 5.74) is 0.484. The third-order valence-corrected chi connectivity index (χ3v) is 4.93. The first kappa shape index (κ1) is 16.2. The van der Waals surface area contributed by atoms with Crippen molar-refractivity contribution in [3.8, 4) is 11.5 Å². The lowest BCUT2D eigenvalue weighted by Gasteiger charge is -2.31. The second-order valence-corrected chi connectivity index (χ2v) is 6.40. The summed E-state index contributed by atoms with van der Waals surface area (Å²) in [6.45, 7) is 0. The maximum atomic E-state index is 13.0. The first-order valence-electron chi connectivity index (χ1n) is 8.05. The second kappa shape index (κ2) is 5.64. The monoisotopic (exact) mass is 350 g/mol. The zero-order chi connectivity index (χ0) is 18.6. The molecular formula is C20H14O6. The molecule has 0 radical (unpaired) electrons. The predicted molar refractivity (Wildman–Crippen MR) is 90.3 cm³/mol. The van der Waals surface area contributed by atoms with Gasteiger partial charge >= 0.3 is 0 Å². The van der Waals surface area contributed by atoms with Crippen molar-refractivity contribution in [3.63, 3.8) is 0 Å². The Balaban J connectivity index is 1.91. The van der Waals surface area contributed by atoms with Gasteiger partial charge in [-0.2, -0.15) is 0 Å². The highest BCUT2D eigenvalue weighted by Crippen LogP contribution is 2.46. The molecule has 4 rings (SSSR count). The van der Waals surface area contributed by atoms with Crippen LogP contribution in [-0.4, -0.2) is 32.7 Å². The predicted octanol–water partition coefficient (Wildman–Crippen LogP) is 2.19. The summed E-state index contributed by atoms with van der Waals surface area (Å²) in [6, 6.07) is 8.63. The van der Waals surface area contributed by atoms with Crippen molar-refractivity contribution < 1.29 is 29.7 Å². The van der Waals surface area contributed by atoms with Gasteiger partial charge in [-0.05, 0) is 23.8 Å². The Labute approximate surface area is 148 Å². The van der Waals surface area contributed by atoms with Gasteiger partial charge in [-0.15, -0.1) is 0 Å². The third kappa shape index (κ3) is 2.19. The highest BCUT2D eigenvalue weighted by atomic mass is 16.3. The molecule has 0 saturated heterocycles. The molecular weight excluding hydrogens is 336 g/mol. The standard InChI is InChI=1S/C20H14O6/c21-13-5-2-4-10-17(13)11(7-16(24)19(10)25)12-8-15(23)9-3-1-6-14(22)18(9)20(12)26/h1-6,8,11,19,21-22,25H,7H2. The molecule has 2 aromatic rings. The minimum atomic E-state index is -1.39. The fourth-order valence-electron chi connectivity index (χ4n) is 3.71. The van der Waals surface area contributed by atoms with Crippen LogP contribution in [0.2, 0.25) is 0 Å². The van der Waals surface area contributed by atoms with Crippen molar-refractivity contribution in [1.29, 1.82) is 0 Å². The number of fused-ring (bicyclic) bond motifs is 2. The van der Waals surface area contributed by atoms with Gasteiger partial charge in [0.25, 0.3) is 0 Å². The molecule has 0 heterocycles. The normalized spacial score (nSPS) is 21.9. The largest absolute Gasteiger partial charge is 0.508 e. The van der Waals surface area contributed by atoms with Crippen LogP contribution in [0.15, 0.2) is 48.0 Å². The number of rotatable bonds is 1. The van der Waals surface area contributed by atoms with Crippen LogP contribution >= 0.6 is 0 Å². The second-order valence-electron chi connectivity index (χ2n) is 6.40. The van der Waals surface area contributed by atoms with Crippen molar-refractivity contribution >= 4 is 17.3 Å². The van der Waals surface area contributed by atoms with Crippen molar-refractivity contribution in [3.05, 3.63) is 70.3 Å². The number of carbonyl (C=O) groups is 3. The van der Waals surface area contributed by atoms with E-state index in [-0.39, 0.29) is 45.7 Å². The van der Waals surface area contributed by atoms with Crippen LogP contribution < -0.4 is 0 Å². The highest BCUT2D eigenvalue weighted by Gasteiger charge is 2.40.